The Labute approximate surface area is 121 Å². The van der Waals surface area contributed by atoms with E-state index in [1.54, 1.807) is 16.9 Å². The highest BCUT2D eigenvalue weighted by molar-refractivity contribution is 5.57. The summed E-state index contributed by atoms with van der Waals surface area (Å²) in [4.78, 5) is 3.72. The lowest BCUT2D eigenvalue weighted by molar-refractivity contribution is -0.191. The molecule has 0 aliphatic carbocycles. The van der Waals surface area contributed by atoms with E-state index in [4.69, 9.17) is 9.47 Å². The summed E-state index contributed by atoms with van der Waals surface area (Å²) in [5, 5.41) is 8.05. The summed E-state index contributed by atoms with van der Waals surface area (Å²) >= 11 is 0. The Morgan fingerprint density at radius 2 is 2.29 bits per heavy atom. The van der Waals surface area contributed by atoms with Crippen molar-refractivity contribution in [2.24, 2.45) is 0 Å². The molecule has 1 aliphatic rings. The molecule has 1 saturated heterocycles. The van der Waals surface area contributed by atoms with E-state index in [0.29, 0.717) is 31.0 Å². The van der Waals surface area contributed by atoms with Crippen molar-refractivity contribution in [2.75, 3.05) is 13.2 Å². The Bertz CT molecular complexity index is 629. The van der Waals surface area contributed by atoms with Gasteiger partial charge in [0.1, 0.15) is 11.8 Å². The van der Waals surface area contributed by atoms with Gasteiger partial charge < -0.3 is 9.47 Å². The number of hydrogen-bond donors (Lipinski definition) is 0. The molecule has 7 heteroatoms. The van der Waals surface area contributed by atoms with Crippen LogP contribution in [0.2, 0.25) is 0 Å². The number of ether oxygens (including phenoxy) is 2. The van der Waals surface area contributed by atoms with Gasteiger partial charge in [0.2, 0.25) is 0 Å². The molecule has 2 aromatic rings. The van der Waals surface area contributed by atoms with Crippen molar-refractivity contribution in [2.45, 2.75) is 32.1 Å². The van der Waals surface area contributed by atoms with Crippen LogP contribution in [0.1, 0.15) is 13.8 Å². The first kappa shape index (κ1) is 14.1. The molecule has 0 amide bonds. The fraction of sp³-hybridized carbons (Fsp3) is 0.500. The van der Waals surface area contributed by atoms with E-state index in [0.717, 1.165) is 6.20 Å². The predicted molar refractivity (Wildman–Crippen MR) is 73.0 cm³/mol. The van der Waals surface area contributed by atoms with E-state index >= 15 is 0 Å². The summed E-state index contributed by atoms with van der Waals surface area (Å²) in [6.45, 7) is 5.63. The van der Waals surface area contributed by atoms with Gasteiger partial charge >= 0.3 is 0 Å². The van der Waals surface area contributed by atoms with E-state index in [-0.39, 0.29) is 11.7 Å². The highest BCUT2D eigenvalue weighted by Crippen LogP contribution is 2.24. The SMILES string of the molecule is CC1(C)OCCOC1Cn1cc(-c2ccncc2F)nn1. The first-order chi connectivity index (χ1) is 10.1. The van der Waals surface area contributed by atoms with Crippen LogP contribution in [0.4, 0.5) is 4.39 Å². The monoisotopic (exact) mass is 292 g/mol. The molecule has 0 aromatic carbocycles. The molecule has 0 bridgehead atoms. The minimum Gasteiger partial charge on any atom is -0.371 e. The summed E-state index contributed by atoms with van der Waals surface area (Å²) in [5.74, 6) is -0.415. The van der Waals surface area contributed by atoms with Gasteiger partial charge in [-0.25, -0.2) is 9.07 Å². The number of pyridine rings is 1. The summed E-state index contributed by atoms with van der Waals surface area (Å²) in [7, 11) is 0. The molecule has 1 atom stereocenters. The zero-order valence-corrected chi connectivity index (χ0v) is 12.0. The number of aromatic nitrogens is 4. The van der Waals surface area contributed by atoms with Crippen LogP contribution in [0.15, 0.2) is 24.7 Å². The first-order valence-corrected chi connectivity index (χ1v) is 6.82. The standard InChI is InChI=1S/C14H17FN4O2/c1-14(2)13(20-5-6-21-14)9-19-8-12(17-18-19)10-3-4-16-7-11(10)15/h3-4,7-8,13H,5-6,9H2,1-2H3. The first-order valence-electron chi connectivity index (χ1n) is 6.82. The molecule has 6 nitrogen and oxygen atoms in total. The van der Waals surface area contributed by atoms with Crippen molar-refractivity contribution in [3.05, 3.63) is 30.5 Å². The Morgan fingerprint density at radius 3 is 3.05 bits per heavy atom. The van der Waals surface area contributed by atoms with E-state index in [9.17, 15) is 4.39 Å². The van der Waals surface area contributed by atoms with Crippen molar-refractivity contribution < 1.29 is 13.9 Å². The second-order valence-electron chi connectivity index (χ2n) is 5.49. The van der Waals surface area contributed by atoms with Gasteiger partial charge in [0.15, 0.2) is 5.82 Å². The fourth-order valence-corrected chi connectivity index (χ4v) is 2.33. The second kappa shape index (κ2) is 5.50. The molecule has 0 radical (unpaired) electrons. The number of nitrogens with zero attached hydrogens (tertiary/aromatic N) is 4. The smallest absolute Gasteiger partial charge is 0.150 e. The van der Waals surface area contributed by atoms with Crippen molar-refractivity contribution in [3.8, 4) is 11.3 Å². The number of halogens is 1. The maximum absolute atomic E-state index is 13.7. The van der Waals surface area contributed by atoms with Crippen LogP contribution >= 0.6 is 0 Å². The van der Waals surface area contributed by atoms with Crippen LogP contribution in [0.25, 0.3) is 11.3 Å². The Balaban J connectivity index is 1.78. The van der Waals surface area contributed by atoms with Crippen LogP contribution in [0, 0.1) is 5.82 Å². The average molecular weight is 292 g/mol. The van der Waals surface area contributed by atoms with Gasteiger partial charge in [-0.1, -0.05) is 5.21 Å². The van der Waals surface area contributed by atoms with Gasteiger partial charge in [-0.3, -0.25) is 4.98 Å². The molecule has 3 rings (SSSR count). The van der Waals surface area contributed by atoms with Crippen molar-refractivity contribution in [1.29, 1.82) is 0 Å². The lowest BCUT2D eigenvalue weighted by Gasteiger charge is -2.38. The van der Waals surface area contributed by atoms with E-state index < -0.39 is 5.82 Å². The van der Waals surface area contributed by atoms with Gasteiger partial charge in [-0.15, -0.1) is 5.10 Å². The lowest BCUT2D eigenvalue weighted by atomic mass is 10.0. The third kappa shape index (κ3) is 2.93. The molecule has 1 unspecified atom stereocenters. The maximum Gasteiger partial charge on any atom is 0.150 e. The minimum atomic E-state index is -0.415. The molecule has 1 fully saturated rings. The average Bonchev–Trinajstić information content (AvgIpc) is 2.90. The van der Waals surface area contributed by atoms with Gasteiger partial charge in [0, 0.05) is 11.8 Å². The zero-order chi connectivity index (χ0) is 14.9. The number of hydrogen-bond acceptors (Lipinski definition) is 5. The Kier molecular flexibility index (Phi) is 3.69. The molecular weight excluding hydrogens is 275 g/mol. The summed E-state index contributed by atoms with van der Waals surface area (Å²) < 4.78 is 26.8. The van der Waals surface area contributed by atoms with Gasteiger partial charge in [-0.2, -0.15) is 0 Å². The third-order valence-corrected chi connectivity index (χ3v) is 3.59. The molecule has 112 valence electrons. The molecule has 3 heterocycles. The molecule has 2 aromatic heterocycles. The summed E-state index contributed by atoms with van der Waals surface area (Å²) in [6.07, 6.45) is 4.27. The van der Waals surface area contributed by atoms with Gasteiger partial charge in [0.25, 0.3) is 0 Å². The zero-order valence-electron chi connectivity index (χ0n) is 12.0. The van der Waals surface area contributed by atoms with Gasteiger partial charge in [-0.05, 0) is 19.9 Å². The second-order valence-corrected chi connectivity index (χ2v) is 5.49. The van der Waals surface area contributed by atoms with E-state index in [1.807, 2.05) is 13.8 Å². The van der Waals surface area contributed by atoms with Crippen LogP contribution in [0.3, 0.4) is 0 Å². The van der Waals surface area contributed by atoms with Crippen molar-refractivity contribution in [1.82, 2.24) is 20.0 Å². The molecule has 1 aliphatic heterocycles. The summed E-state index contributed by atoms with van der Waals surface area (Å²) in [6, 6.07) is 1.58. The molecular formula is C14H17FN4O2. The Morgan fingerprint density at radius 1 is 1.43 bits per heavy atom. The van der Waals surface area contributed by atoms with E-state index in [2.05, 4.69) is 15.3 Å². The largest absolute Gasteiger partial charge is 0.371 e. The highest BCUT2D eigenvalue weighted by atomic mass is 19.1. The maximum atomic E-state index is 13.7. The van der Waals surface area contributed by atoms with Crippen LogP contribution in [-0.2, 0) is 16.0 Å². The minimum absolute atomic E-state index is 0.122. The van der Waals surface area contributed by atoms with Crippen molar-refractivity contribution in [3.63, 3.8) is 0 Å². The summed E-state index contributed by atoms with van der Waals surface area (Å²) in [5.41, 5.74) is 0.479. The topological polar surface area (TPSA) is 62.1 Å². The Hall–Kier alpha value is -1.86. The van der Waals surface area contributed by atoms with Crippen LogP contribution in [0.5, 0.6) is 0 Å². The molecule has 0 saturated carbocycles. The predicted octanol–water partition coefficient (Wildman–Crippen LogP) is 1.67. The van der Waals surface area contributed by atoms with E-state index in [1.165, 1.54) is 6.20 Å². The normalized spacial score (nSPS) is 21.4. The molecule has 0 N–H and O–H groups in total. The molecule has 21 heavy (non-hydrogen) atoms. The third-order valence-electron chi connectivity index (χ3n) is 3.59. The lowest BCUT2D eigenvalue weighted by Crippen LogP contribution is -2.48. The van der Waals surface area contributed by atoms with Crippen molar-refractivity contribution >= 4 is 0 Å². The van der Waals surface area contributed by atoms with Crippen LogP contribution < -0.4 is 0 Å². The fourth-order valence-electron chi connectivity index (χ4n) is 2.33. The van der Waals surface area contributed by atoms with Crippen LogP contribution in [-0.4, -0.2) is 44.9 Å². The quantitative estimate of drug-likeness (QED) is 0.861. The highest BCUT2D eigenvalue weighted by Gasteiger charge is 2.35. The van der Waals surface area contributed by atoms with Gasteiger partial charge in [0.05, 0.1) is 37.8 Å². The molecule has 0 spiro atoms. The number of rotatable bonds is 3.